The average molecular weight is 381 g/mol. The number of aromatic nitrogens is 2. The third kappa shape index (κ3) is 4.67. The molecule has 1 aromatic carbocycles. The highest BCUT2D eigenvalue weighted by atomic mass is 19.4. The third-order valence-electron chi connectivity index (χ3n) is 3.17. The molecule has 0 spiro atoms. The van der Waals surface area contributed by atoms with E-state index in [4.69, 9.17) is 4.74 Å². The molecular weight excluding hydrogens is 368 g/mol. The highest BCUT2D eigenvalue weighted by Gasteiger charge is 2.38. The minimum Gasteiger partial charge on any atom is -0.495 e. The molecule has 0 amide bonds. The third-order valence-corrected chi connectivity index (χ3v) is 3.17. The van der Waals surface area contributed by atoms with Crippen LogP contribution in [0.5, 0.6) is 11.6 Å². The van der Waals surface area contributed by atoms with Gasteiger partial charge >= 0.3 is 12.4 Å². The Morgan fingerprint density at radius 2 is 1.73 bits per heavy atom. The van der Waals surface area contributed by atoms with E-state index in [-0.39, 0.29) is 5.95 Å². The Kier molecular flexibility index (Phi) is 5.47. The summed E-state index contributed by atoms with van der Waals surface area (Å²) in [5.74, 6) is -1.13. The van der Waals surface area contributed by atoms with Crippen molar-refractivity contribution in [3.8, 4) is 11.6 Å². The number of ether oxygens (including phenoxy) is 2. The molecule has 0 fully saturated rings. The zero-order valence-electron chi connectivity index (χ0n) is 13.5. The van der Waals surface area contributed by atoms with Gasteiger partial charge in [0.2, 0.25) is 11.8 Å². The summed E-state index contributed by atoms with van der Waals surface area (Å²) in [6.07, 6.45) is -9.41. The Labute approximate surface area is 144 Å². The predicted molar refractivity (Wildman–Crippen MR) is 79.6 cm³/mol. The monoisotopic (exact) mass is 381 g/mol. The molecule has 1 heterocycles. The van der Waals surface area contributed by atoms with Gasteiger partial charge in [-0.15, -0.1) is 0 Å². The van der Waals surface area contributed by atoms with Crippen LogP contribution >= 0.6 is 0 Å². The molecule has 2 rings (SSSR count). The molecule has 0 saturated heterocycles. The van der Waals surface area contributed by atoms with Crippen molar-refractivity contribution >= 4 is 11.6 Å². The van der Waals surface area contributed by atoms with Crippen LogP contribution in [-0.4, -0.2) is 36.9 Å². The van der Waals surface area contributed by atoms with Crippen molar-refractivity contribution in [1.82, 2.24) is 9.97 Å². The van der Waals surface area contributed by atoms with E-state index >= 15 is 0 Å². The van der Waals surface area contributed by atoms with Gasteiger partial charge in [-0.25, -0.2) is 4.98 Å². The van der Waals surface area contributed by atoms with Crippen LogP contribution in [0.25, 0.3) is 0 Å². The molecule has 0 radical (unpaired) electrons. The summed E-state index contributed by atoms with van der Waals surface area (Å²) in [6, 6.07) is 6.48. The topological polar surface area (TPSA) is 47.5 Å². The molecule has 0 atom stereocenters. The fraction of sp³-hybridized carbons (Fsp3) is 0.333. The highest BCUT2D eigenvalue weighted by molar-refractivity contribution is 5.64. The minimum absolute atomic E-state index is 0.292. The van der Waals surface area contributed by atoms with Gasteiger partial charge in [0.05, 0.1) is 12.8 Å². The van der Waals surface area contributed by atoms with Gasteiger partial charge < -0.3 is 14.4 Å². The summed E-state index contributed by atoms with van der Waals surface area (Å²) in [5, 5.41) is 0. The molecule has 0 saturated carbocycles. The summed E-state index contributed by atoms with van der Waals surface area (Å²) in [4.78, 5) is 8.35. The molecule has 0 N–H and O–H groups in total. The maximum Gasteiger partial charge on any atom is 0.423 e. The molecule has 26 heavy (non-hydrogen) atoms. The Balaban J connectivity index is 2.44. The molecule has 2 aromatic rings. The summed E-state index contributed by atoms with van der Waals surface area (Å²) < 4.78 is 85.2. The Morgan fingerprint density at radius 1 is 1.08 bits per heavy atom. The number of halogens is 6. The molecule has 142 valence electrons. The smallest absolute Gasteiger partial charge is 0.423 e. The summed E-state index contributed by atoms with van der Waals surface area (Å²) in [6.45, 7) is -1.91. The van der Waals surface area contributed by atoms with Crippen molar-refractivity contribution in [2.45, 2.75) is 12.4 Å². The fourth-order valence-corrected chi connectivity index (χ4v) is 1.99. The van der Waals surface area contributed by atoms with Crippen molar-refractivity contribution in [3.05, 3.63) is 36.0 Å². The molecule has 1 aromatic heterocycles. The maximum absolute atomic E-state index is 13.0. The lowest BCUT2D eigenvalue weighted by molar-refractivity contribution is -0.159. The molecule has 0 bridgehead atoms. The second-order valence-electron chi connectivity index (χ2n) is 5.02. The van der Waals surface area contributed by atoms with E-state index in [1.807, 2.05) is 0 Å². The number of rotatable bonds is 5. The number of methoxy groups -OCH3 is 1. The van der Waals surface area contributed by atoms with E-state index < -0.39 is 30.4 Å². The van der Waals surface area contributed by atoms with E-state index in [2.05, 4.69) is 14.7 Å². The van der Waals surface area contributed by atoms with E-state index in [9.17, 15) is 26.3 Å². The lowest BCUT2D eigenvalue weighted by Gasteiger charge is -2.21. The fourth-order valence-electron chi connectivity index (χ4n) is 1.99. The number of para-hydroxylation sites is 2. The standard InChI is InChI=1S/C15H13F6N3O2/c1-24(10-5-3-4-6-11(10)25-2)13-22-7-9(15(19,20)21)12(23-13)26-8-14(16,17)18/h3-7H,8H2,1-2H3. The van der Waals surface area contributed by atoms with Gasteiger partial charge in [-0.2, -0.15) is 31.3 Å². The van der Waals surface area contributed by atoms with Gasteiger partial charge in [0, 0.05) is 13.2 Å². The molecule has 0 unspecified atom stereocenters. The minimum atomic E-state index is -4.97. The zero-order chi connectivity index (χ0) is 19.5. The summed E-state index contributed by atoms with van der Waals surface area (Å²) in [5.41, 5.74) is -1.10. The normalized spacial score (nSPS) is 12.0. The van der Waals surface area contributed by atoms with Crippen LogP contribution in [-0.2, 0) is 6.18 Å². The second kappa shape index (κ2) is 7.26. The van der Waals surface area contributed by atoms with E-state index in [0.29, 0.717) is 17.6 Å². The van der Waals surface area contributed by atoms with Crippen molar-refractivity contribution in [3.63, 3.8) is 0 Å². The van der Waals surface area contributed by atoms with E-state index in [1.54, 1.807) is 24.3 Å². The first kappa shape index (κ1) is 19.6. The van der Waals surface area contributed by atoms with Gasteiger partial charge in [0.1, 0.15) is 11.3 Å². The SMILES string of the molecule is COc1ccccc1N(C)c1ncc(C(F)(F)F)c(OCC(F)(F)F)n1. The van der Waals surface area contributed by atoms with Gasteiger partial charge in [0.15, 0.2) is 6.61 Å². The second-order valence-corrected chi connectivity index (χ2v) is 5.02. The quantitative estimate of drug-likeness (QED) is 0.726. The number of hydrogen-bond donors (Lipinski definition) is 0. The number of alkyl halides is 6. The van der Waals surface area contributed by atoms with Crippen LogP contribution in [0.15, 0.2) is 30.5 Å². The number of benzene rings is 1. The van der Waals surface area contributed by atoms with Gasteiger partial charge in [-0.3, -0.25) is 0 Å². The lowest BCUT2D eigenvalue weighted by atomic mass is 10.2. The van der Waals surface area contributed by atoms with Gasteiger partial charge in [0.25, 0.3) is 0 Å². The van der Waals surface area contributed by atoms with Crippen LogP contribution < -0.4 is 14.4 Å². The molecule has 0 aliphatic carbocycles. The van der Waals surface area contributed by atoms with E-state index in [1.165, 1.54) is 19.1 Å². The van der Waals surface area contributed by atoms with Crippen molar-refractivity contribution in [2.24, 2.45) is 0 Å². The van der Waals surface area contributed by atoms with Gasteiger partial charge in [-0.05, 0) is 12.1 Å². The average Bonchev–Trinajstić information content (AvgIpc) is 2.57. The number of anilines is 2. The van der Waals surface area contributed by atoms with Crippen LogP contribution in [0.1, 0.15) is 5.56 Å². The predicted octanol–water partition coefficient (Wildman–Crippen LogP) is 4.21. The van der Waals surface area contributed by atoms with Crippen molar-refractivity contribution in [2.75, 3.05) is 25.7 Å². The first-order chi connectivity index (χ1) is 12.0. The first-order valence-corrected chi connectivity index (χ1v) is 7.03. The van der Waals surface area contributed by atoms with Crippen molar-refractivity contribution in [1.29, 1.82) is 0 Å². The molecule has 11 heteroatoms. The van der Waals surface area contributed by atoms with Crippen LogP contribution in [0, 0.1) is 0 Å². The summed E-state index contributed by atoms with van der Waals surface area (Å²) in [7, 11) is 2.81. The molecule has 0 aliphatic heterocycles. The summed E-state index contributed by atoms with van der Waals surface area (Å²) >= 11 is 0. The van der Waals surface area contributed by atoms with Crippen LogP contribution in [0.2, 0.25) is 0 Å². The largest absolute Gasteiger partial charge is 0.495 e. The Bertz CT molecular complexity index is 764. The molecule has 0 aliphatic rings. The Morgan fingerprint density at radius 3 is 2.31 bits per heavy atom. The maximum atomic E-state index is 13.0. The van der Waals surface area contributed by atoms with Crippen LogP contribution in [0.4, 0.5) is 38.0 Å². The van der Waals surface area contributed by atoms with Gasteiger partial charge in [-0.1, -0.05) is 12.1 Å². The Hall–Kier alpha value is -2.72. The lowest BCUT2D eigenvalue weighted by Crippen LogP contribution is -2.23. The van der Waals surface area contributed by atoms with E-state index in [0.717, 1.165) is 0 Å². The molecular formula is C15H13F6N3O2. The van der Waals surface area contributed by atoms with Crippen LogP contribution in [0.3, 0.4) is 0 Å². The van der Waals surface area contributed by atoms with Crippen molar-refractivity contribution < 1.29 is 35.8 Å². The zero-order valence-corrected chi connectivity index (χ0v) is 13.5. The first-order valence-electron chi connectivity index (χ1n) is 7.03. The highest BCUT2D eigenvalue weighted by Crippen LogP contribution is 2.37. The number of hydrogen-bond acceptors (Lipinski definition) is 5. The molecule has 5 nitrogen and oxygen atoms in total. The number of nitrogens with zero attached hydrogens (tertiary/aromatic N) is 3.